The summed E-state index contributed by atoms with van der Waals surface area (Å²) in [6.45, 7) is 0. The molecule has 15 heavy (non-hydrogen) atoms. The van der Waals surface area contributed by atoms with Gasteiger partial charge in [0.25, 0.3) is 0 Å². The van der Waals surface area contributed by atoms with Gasteiger partial charge in [-0.1, -0.05) is 0 Å². The topological polar surface area (TPSA) is 75.3 Å². The van der Waals surface area contributed by atoms with Crippen LogP contribution in [0.15, 0.2) is 36.7 Å². The van der Waals surface area contributed by atoms with Gasteiger partial charge in [0, 0.05) is 6.20 Å². The van der Waals surface area contributed by atoms with E-state index < -0.39 is 5.97 Å². The van der Waals surface area contributed by atoms with Crippen molar-refractivity contribution in [2.75, 3.05) is 0 Å². The lowest BCUT2D eigenvalue weighted by Crippen LogP contribution is -1.95. The molecule has 1 heterocycles. The fraction of sp³-hybridized carbons (Fsp3) is 0. The molecule has 5 nitrogen and oxygen atoms in total. The highest BCUT2D eigenvalue weighted by Crippen LogP contribution is 2.13. The van der Waals surface area contributed by atoms with Crippen molar-refractivity contribution in [3.63, 3.8) is 0 Å². The van der Waals surface area contributed by atoms with Gasteiger partial charge in [0.1, 0.15) is 5.75 Å². The highest BCUT2D eigenvalue weighted by atomic mass is 16.4. The predicted octanol–water partition coefficient (Wildman–Crippen LogP) is 1.28. The molecular formula is C10H8N2O3. The molecule has 2 N–H and O–H groups in total. The van der Waals surface area contributed by atoms with E-state index in [2.05, 4.69) is 5.10 Å². The molecule has 0 aliphatic heterocycles. The first-order chi connectivity index (χ1) is 7.16. The van der Waals surface area contributed by atoms with E-state index in [1.807, 2.05) is 0 Å². The third-order valence-electron chi connectivity index (χ3n) is 1.94. The molecule has 0 spiro atoms. The summed E-state index contributed by atoms with van der Waals surface area (Å²) in [5.41, 5.74) is 0.823. The molecule has 0 unspecified atom stereocenters. The van der Waals surface area contributed by atoms with E-state index in [0.717, 1.165) is 0 Å². The number of hydrogen-bond acceptors (Lipinski definition) is 3. The van der Waals surface area contributed by atoms with Gasteiger partial charge in [-0.15, -0.1) is 0 Å². The molecule has 1 aromatic heterocycles. The second-order valence-corrected chi connectivity index (χ2v) is 3.00. The maximum atomic E-state index is 10.6. The van der Waals surface area contributed by atoms with Gasteiger partial charge in [-0.3, -0.25) is 0 Å². The standard InChI is InChI=1S/C10H8N2O3/c13-9-3-1-8(2-4-9)12-6-7(5-11-12)10(14)15/h1-6,13H,(H,14,15). The lowest BCUT2D eigenvalue weighted by Gasteiger charge is -1.99. The van der Waals surface area contributed by atoms with Crippen LogP contribution in [0.25, 0.3) is 5.69 Å². The second kappa shape index (κ2) is 3.45. The number of phenols is 1. The van der Waals surface area contributed by atoms with Crippen LogP contribution in [0.1, 0.15) is 10.4 Å². The Balaban J connectivity index is 2.37. The summed E-state index contributed by atoms with van der Waals surface area (Å²) in [5, 5.41) is 21.7. The molecule has 0 bridgehead atoms. The van der Waals surface area contributed by atoms with Crippen molar-refractivity contribution in [3.8, 4) is 11.4 Å². The van der Waals surface area contributed by atoms with Crippen molar-refractivity contribution in [2.24, 2.45) is 0 Å². The van der Waals surface area contributed by atoms with E-state index in [1.54, 1.807) is 12.1 Å². The maximum Gasteiger partial charge on any atom is 0.338 e. The minimum atomic E-state index is -1.01. The molecule has 0 fully saturated rings. The number of benzene rings is 1. The fourth-order valence-electron chi connectivity index (χ4n) is 1.18. The maximum absolute atomic E-state index is 10.6. The molecule has 0 amide bonds. The van der Waals surface area contributed by atoms with Crippen LogP contribution in [0.3, 0.4) is 0 Å². The number of aromatic carboxylic acids is 1. The predicted molar refractivity (Wildman–Crippen MR) is 52.2 cm³/mol. The lowest BCUT2D eigenvalue weighted by molar-refractivity contribution is 0.0697. The molecule has 0 saturated carbocycles. The van der Waals surface area contributed by atoms with Crippen molar-refractivity contribution < 1.29 is 15.0 Å². The zero-order chi connectivity index (χ0) is 10.8. The summed E-state index contributed by atoms with van der Waals surface area (Å²) >= 11 is 0. The number of carbonyl (C=O) groups is 1. The van der Waals surface area contributed by atoms with Gasteiger partial charge in [0.2, 0.25) is 0 Å². The van der Waals surface area contributed by atoms with Gasteiger partial charge in [-0.2, -0.15) is 5.10 Å². The Hall–Kier alpha value is -2.30. The zero-order valence-electron chi connectivity index (χ0n) is 7.66. The largest absolute Gasteiger partial charge is 0.508 e. The molecular weight excluding hydrogens is 196 g/mol. The van der Waals surface area contributed by atoms with Gasteiger partial charge >= 0.3 is 5.97 Å². The molecule has 5 heteroatoms. The minimum absolute atomic E-state index is 0.128. The first kappa shape index (κ1) is 9.26. The highest BCUT2D eigenvalue weighted by molar-refractivity contribution is 5.86. The van der Waals surface area contributed by atoms with E-state index in [1.165, 1.54) is 29.2 Å². The number of carboxylic acid groups (broad SMARTS) is 1. The first-order valence-electron chi connectivity index (χ1n) is 4.24. The number of nitrogens with zero attached hydrogens (tertiary/aromatic N) is 2. The van der Waals surface area contributed by atoms with E-state index >= 15 is 0 Å². The fourth-order valence-corrected chi connectivity index (χ4v) is 1.18. The Morgan fingerprint density at radius 3 is 2.47 bits per heavy atom. The smallest absolute Gasteiger partial charge is 0.338 e. The van der Waals surface area contributed by atoms with Gasteiger partial charge in [-0.25, -0.2) is 9.48 Å². The van der Waals surface area contributed by atoms with Gasteiger partial charge < -0.3 is 10.2 Å². The van der Waals surface area contributed by atoms with Crippen LogP contribution in [0.5, 0.6) is 5.75 Å². The van der Waals surface area contributed by atoms with Crippen LogP contribution in [0.4, 0.5) is 0 Å². The van der Waals surface area contributed by atoms with Crippen LogP contribution in [-0.2, 0) is 0 Å². The molecule has 0 aliphatic rings. The SMILES string of the molecule is O=C(O)c1cnn(-c2ccc(O)cc2)c1. The molecule has 0 atom stereocenters. The average molecular weight is 204 g/mol. The van der Waals surface area contributed by atoms with Gasteiger partial charge in [0.05, 0.1) is 17.4 Å². The summed E-state index contributed by atoms with van der Waals surface area (Å²) < 4.78 is 1.43. The summed E-state index contributed by atoms with van der Waals surface area (Å²) in [5.74, 6) is -0.857. The van der Waals surface area contributed by atoms with Crippen LogP contribution in [-0.4, -0.2) is 26.0 Å². The zero-order valence-corrected chi connectivity index (χ0v) is 7.66. The van der Waals surface area contributed by atoms with E-state index in [9.17, 15) is 4.79 Å². The monoisotopic (exact) mass is 204 g/mol. The van der Waals surface area contributed by atoms with Crippen molar-refractivity contribution >= 4 is 5.97 Å². The molecule has 0 radical (unpaired) electrons. The summed E-state index contributed by atoms with van der Waals surface area (Å²) in [4.78, 5) is 10.6. The Morgan fingerprint density at radius 1 is 1.27 bits per heavy atom. The third-order valence-corrected chi connectivity index (χ3v) is 1.94. The van der Waals surface area contributed by atoms with Crippen molar-refractivity contribution in [3.05, 3.63) is 42.2 Å². The highest BCUT2D eigenvalue weighted by Gasteiger charge is 2.06. The van der Waals surface area contributed by atoms with Crippen molar-refractivity contribution in [2.45, 2.75) is 0 Å². The lowest BCUT2D eigenvalue weighted by atomic mass is 10.3. The number of carboxylic acids is 1. The molecule has 2 aromatic rings. The Bertz CT molecular complexity index is 488. The first-order valence-corrected chi connectivity index (χ1v) is 4.24. The van der Waals surface area contributed by atoms with E-state index in [-0.39, 0.29) is 11.3 Å². The molecule has 2 rings (SSSR count). The minimum Gasteiger partial charge on any atom is -0.508 e. The van der Waals surface area contributed by atoms with Crippen LogP contribution >= 0.6 is 0 Å². The molecule has 1 aromatic carbocycles. The van der Waals surface area contributed by atoms with Crippen molar-refractivity contribution in [1.29, 1.82) is 0 Å². The molecule has 76 valence electrons. The summed E-state index contributed by atoms with van der Waals surface area (Å²) in [7, 11) is 0. The van der Waals surface area contributed by atoms with Gasteiger partial charge in [0.15, 0.2) is 0 Å². The van der Waals surface area contributed by atoms with Crippen molar-refractivity contribution in [1.82, 2.24) is 9.78 Å². The molecule has 0 saturated heterocycles. The Kier molecular flexibility index (Phi) is 2.13. The van der Waals surface area contributed by atoms with Crippen LogP contribution in [0, 0.1) is 0 Å². The number of aromatic hydroxyl groups is 1. The summed E-state index contributed by atoms with van der Waals surface area (Å²) in [6.07, 6.45) is 2.68. The summed E-state index contributed by atoms with van der Waals surface area (Å²) in [6, 6.07) is 6.32. The number of phenolic OH excluding ortho intramolecular Hbond substituents is 1. The quantitative estimate of drug-likeness (QED) is 0.772. The van der Waals surface area contributed by atoms with E-state index in [0.29, 0.717) is 5.69 Å². The normalized spacial score (nSPS) is 10.1. The number of hydrogen-bond donors (Lipinski definition) is 2. The molecule has 0 aliphatic carbocycles. The van der Waals surface area contributed by atoms with Gasteiger partial charge in [-0.05, 0) is 24.3 Å². The van der Waals surface area contributed by atoms with Crippen LogP contribution in [0.2, 0.25) is 0 Å². The Morgan fingerprint density at radius 2 is 1.93 bits per heavy atom. The number of rotatable bonds is 2. The third kappa shape index (κ3) is 1.80. The number of aromatic nitrogens is 2. The Labute approximate surface area is 85.2 Å². The second-order valence-electron chi connectivity index (χ2n) is 3.00. The van der Waals surface area contributed by atoms with E-state index in [4.69, 9.17) is 10.2 Å². The average Bonchev–Trinajstić information content (AvgIpc) is 2.68. The van der Waals surface area contributed by atoms with Crippen LogP contribution < -0.4 is 0 Å².